The van der Waals surface area contributed by atoms with Crippen LogP contribution in [0.3, 0.4) is 0 Å². The highest BCUT2D eigenvalue weighted by Crippen LogP contribution is 2.36. The summed E-state index contributed by atoms with van der Waals surface area (Å²) in [7, 11) is -2.87. The average molecular weight is 302 g/mol. The van der Waals surface area contributed by atoms with Gasteiger partial charge in [0.25, 0.3) is 0 Å². The molecule has 1 aliphatic heterocycles. The normalized spacial score (nSPS) is 32.5. The second-order valence-electron chi connectivity index (χ2n) is 6.77. The first kappa shape index (κ1) is 16.2. The number of piperazine rings is 1. The Morgan fingerprint density at radius 2 is 1.95 bits per heavy atom. The van der Waals surface area contributed by atoms with Gasteiger partial charge in [0, 0.05) is 37.0 Å². The summed E-state index contributed by atoms with van der Waals surface area (Å²) in [5, 5.41) is 3.68. The van der Waals surface area contributed by atoms with E-state index in [0.29, 0.717) is 24.1 Å². The minimum atomic E-state index is -2.87. The highest BCUT2D eigenvalue weighted by Gasteiger charge is 2.41. The van der Waals surface area contributed by atoms with Gasteiger partial charge in [0.05, 0.1) is 5.75 Å². The lowest BCUT2D eigenvalue weighted by molar-refractivity contribution is 0.0500. The maximum atomic E-state index is 12.0. The van der Waals surface area contributed by atoms with Crippen molar-refractivity contribution in [2.24, 2.45) is 5.92 Å². The monoisotopic (exact) mass is 302 g/mol. The first-order valence-electron chi connectivity index (χ1n) is 8.09. The fourth-order valence-electron chi connectivity index (χ4n) is 3.17. The molecule has 118 valence electrons. The molecule has 2 aliphatic rings. The molecular weight excluding hydrogens is 272 g/mol. The molecule has 5 heteroatoms. The van der Waals surface area contributed by atoms with Gasteiger partial charge in [-0.2, -0.15) is 0 Å². The number of nitrogens with zero attached hydrogens (tertiary/aromatic N) is 1. The zero-order valence-corrected chi connectivity index (χ0v) is 14.0. The molecule has 2 unspecified atom stereocenters. The van der Waals surface area contributed by atoms with Gasteiger partial charge in [-0.15, -0.1) is 0 Å². The van der Waals surface area contributed by atoms with Gasteiger partial charge >= 0.3 is 0 Å². The molecule has 20 heavy (non-hydrogen) atoms. The molecule has 0 aromatic rings. The van der Waals surface area contributed by atoms with Crippen LogP contribution in [-0.4, -0.2) is 56.0 Å². The van der Waals surface area contributed by atoms with E-state index in [2.05, 4.69) is 24.1 Å². The van der Waals surface area contributed by atoms with Crippen LogP contribution in [0, 0.1) is 5.92 Å². The molecule has 0 aromatic heterocycles. The van der Waals surface area contributed by atoms with Gasteiger partial charge in [0.2, 0.25) is 0 Å². The first-order valence-corrected chi connectivity index (χ1v) is 9.91. The Morgan fingerprint density at radius 1 is 1.25 bits per heavy atom. The van der Waals surface area contributed by atoms with E-state index in [9.17, 15) is 8.42 Å². The summed E-state index contributed by atoms with van der Waals surface area (Å²) in [5.41, 5.74) is 0.104. The SMILES string of the molecule is CCCS(=O)(=O)CCN1CC(C2CC2)NCC1(C)CC. The standard InChI is InChI=1S/C15H30N2O2S/c1-4-9-20(18,19)10-8-17-11-14(13-6-7-13)16-12-15(17,3)5-2/h13-14,16H,4-12H2,1-3H3. The summed E-state index contributed by atoms with van der Waals surface area (Å²) in [5.74, 6) is 1.47. The molecule has 0 amide bonds. The van der Waals surface area contributed by atoms with Gasteiger partial charge in [-0.1, -0.05) is 13.8 Å². The smallest absolute Gasteiger partial charge is 0.151 e. The van der Waals surface area contributed by atoms with Crippen LogP contribution in [0.4, 0.5) is 0 Å². The Balaban J connectivity index is 1.96. The Morgan fingerprint density at radius 3 is 2.50 bits per heavy atom. The van der Waals surface area contributed by atoms with Gasteiger partial charge in [0.15, 0.2) is 9.84 Å². The Bertz CT molecular complexity index is 420. The van der Waals surface area contributed by atoms with Crippen molar-refractivity contribution in [2.45, 2.75) is 58.0 Å². The first-order chi connectivity index (χ1) is 9.40. The second-order valence-corrected chi connectivity index (χ2v) is 9.08. The fraction of sp³-hybridized carbons (Fsp3) is 1.00. The Hall–Kier alpha value is -0.130. The van der Waals surface area contributed by atoms with Crippen molar-refractivity contribution in [2.75, 3.05) is 31.1 Å². The van der Waals surface area contributed by atoms with Crippen molar-refractivity contribution in [3.05, 3.63) is 0 Å². The van der Waals surface area contributed by atoms with E-state index in [1.807, 2.05) is 6.92 Å². The third-order valence-electron chi connectivity index (χ3n) is 5.07. The molecule has 2 atom stereocenters. The highest BCUT2D eigenvalue weighted by atomic mass is 32.2. The minimum absolute atomic E-state index is 0.104. The van der Waals surface area contributed by atoms with Gasteiger partial charge in [-0.05, 0) is 38.5 Å². The summed E-state index contributed by atoms with van der Waals surface area (Å²) < 4.78 is 23.9. The number of hydrogen-bond donors (Lipinski definition) is 1. The van der Waals surface area contributed by atoms with Crippen LogP contribution in [0.2, 0.25) is 0 Å². The summed E-state index contributed by atoms with van der Waals surface area (Å²) in [4.78, 5) is 2.43. The van der Waals surface area contributed by atoms with Crippen LogP contribution in [0.1, 0.15) is 46.5 Å². The van der Waals surface area contributed by atoms with E-state index in [1.54, 1.807) is 0 Å². The number of sulfone groups is 1. The number of nitrogens with one attached hydrogen (secondary N) is 1. The van der Waals surface area contributed by atoms with E-state index in [1.165, 1.54) is 12.8 Å². The van der Waals surface area contributed by atoms with Crippen LogP contribution in [-0.2, 0) is 9.84 Å². The summed E-state index contributed by atoms with van der Waals surface area (Å²) >= 11 is 0. The van der Waals surface area contributed by atoms with Crippen molar-refractivity contribution in [1.82, 2.24) is 10.2 Å². The van der Waals surface area contributed by atoms with Crippen LogP contribution in [0.25, 0.3) is 0 Å². The Kier molecular flexibility index (Phi) is 5.14. The van der Waals surface area contributed by atoms with Crippen molar-refractivity contribution in [3.63, 3.8) is 0 Å². The number of rotatable bonds is 7. The maximum absolute atomic E-state index is 12.0. The summed E-state index contributed by atoms with van der Waals surface area (Å²) in [6.07, 6.45) is 4.45. The second kappa shape index (κ2) is 6.32. The van der Waals surface area contributed by atoms with E-state index in [0.717, 1.165) is 31.8 Å². The molecule has 1 saturated carbocycles. The average Bonchev–Trinajstić information content (AvgIpc) is 3.22. The molecule has 0 aromatic carbocycles. The lowest BCUT2D eigenvalue weighted by Gasteiger charge is -2.48. The van der Waals surface area contributed by atoms with Crippen LogP contribution in [0.15, 0.2) is 0 Å². The van der Waals surface area contributed by atoms with Crippen LogP contribution in [0.5, 0.6) is 0 Å². The third-order valence-corrected chi connectivity index (χ3v) is 6.90. The van der Waals surface area contributed by atoms with Crippen molar-refractivity contribution >= 4 is 9.84 Å². The molecule has 0 radical (unpaired) electrons. The van der Waals surface area contributed by atoms with Crippen molar-refractivity contribution < 1.29 is 8.42 Å². The molecule has 1 aliphatic carbocycles. The van der Waals surface area contributed by atoms with Gasteiger partial charge in [0.1, 0.15) is 0 Å². The largest absolute Gasteiger partial charge is 0.311 e. The molecule has 0 bridgehead atoms. The van der Waals surface area contributed by atoms with E-state index in [-0.39, 0.29) is 5.54 Å². The molecule has 1 saturated heterocycles. The quantitative estimate of drug-likeness (QED) is 0.777. The minimum Gasteiger partial charge on any atom is -0.311 e. The van der Waals surface area contributed by atoms with Crippen LogP contribution >= 0.6 is 0 Å². The molecule has 0 spiro atoms. The highest BCUT2D eigenvalue weighted by molar-refractivity contribution is 7.91. The molecule has 1 N–H and O–H groups in total. The fourth-order valence-corrected chi connectivity index (χ4v) is 4.50. The zero-order valence-electron chi connectivity index (χ0n) is 13.2. The van der Waals surface area contributed by atoms with Crippen molar-refractivity contribution in [3.8, 4) is 0 Å². The maximum Gasteiger partial charge on any atom is 0.151 e. The van der Waals surface area contributed by atoms with Crippen molar-refractivity contribution in [1.29, 1.82) is 0 Å². The van der Waals surface area contributed by atoms with E-state index in [4.69, 9.17) is 0 Å². The summed E-state index contributed by atoms with van der Waals surface area (Å²) in [6, 6.07) is 0.573. The van der Waals surface area contributed by atoms with Gasteiger partial charge < -0.3 is 5.32 Å². The van der Waals surface area contributed by atoms with Gasteiger partial charge in [-0.3, -0.25) is 4.90 Å². The molecule has 2 rings (SSSR count). The third kappa shape index (κ3) is 3.95. The van der Waals surface area contributed by atoms with Gasteiger partial charge in [-0.25, -0.2) is 8.42 Å². The predicted molar refractivity (Wildman–Crippen MR) is 83.7 cm³/mol. The zero-order chi connectivity index (χ0) is 14.8. The molecular formula is C15H30N2O2S. The molecule has 2 fully saturated rings. The topological polar surface area (TPSA) is 49.4 Å². The van der Waals surface area contributed by atoms with E-state index < -0.39 is 9.84 Å². The Labute approximate surface area is 124 Å². The molecule has 4 nitrogen and oxygen atoms in total. The number of hydrogen-bond acceptors (Lipinski definition) is 4. The van der Waals surface area contributed by atoms with E-state index >= 15 is 0 Å². The molecule has 1 heterocycles. The lowest BCUT2D eigenvalue weighted by Crippen LogP contribution is -2.64. The summed E-state index contributed by atoms with van der Waals surface area (Å²) in [6.45, 7) is 9.08. The van der Waals surface area contributed by atoms with Crippen LogP contribution < -0.4 is 5.32 Å². The predicted octanol–water partition coefficient (Wildman–Crippen LogP) is 1.66. The lowest BCUT2D eigenvalue weighted by atomic mass is 9.91.